The minimum Gasteiger partial charge on any atom is -0.494 e. The van der Waals surface area contributed by atoms with Gasteiger partial charge in [-0.2, -0.15) is 0 Å². The quantitative estimate of drug-likeness (QED) is 0.200. The Bertz CT molecular complexity index is 1340. The van der Waals surface area contributed by atoms with Crippen molar-refractivity contribution in [1.82, 2.24) is 5.32 Å². The lowest BCUT2D eigenvalue weighted by atomic mass is 9.84. The lowest BCUT2D eigenvalue weighted by Crippen LogP contribution is -2.47. The highest BCUT2D eigenvalue weighted by Gasteiger charge is 2.52. The van der Waals surface area contributed by atoms with Crippen LogP contribution >= 0.6 is 15.9 Å². The van der Waals surface area contributed by atoms with E-state index in [0.29, 0.717) is 41.7 Å². The first-order chi connectivity index (χ1) is 19.4. The maximum Gasteiger partial charge on any atom is 0.252 e. The molecule has 0 saturated heterocycles. The first kappa shape index (κ1) is 29.2. The van der Waals surface area contributed by atoms with Gasteiger partial charge >= 0.3 is 0 Å². The SMILES string of the molecule is C=CC[C@@]1(C(=O)NCc2cccc(OC)c2OC)N=C(c2ccc(OCCCO)cc2)O[C@@H]1c1ccc(Br)cc1. The molecule has 1 heterocycles. The molecule has 0 aliphatic carbocycles. The van der Waals surface area contributed by atoms with Gasteiger partial charge in [0.1, 0.15) is 5.75 Å². The summed E-state index contributed by atoms with van der Waals surface area (Å²) in [5.74, 6) is 1.86. The number of amides is 1. The smallest absolute Gasteiger partial charge is 0.252 e. The third kappa shape index (κ3) is 6.32. The largest absolute Gasteiger partial charge is 0.494 e. The summed E-state index contributed by atoms with van der Waals surface area (Å²) in [6, 6.07) is 20.5. The molecule has 0 unspecified atom stereocenters. The van der Waals surface area contributed by atoms with E-state index in [0.717, 1.165) is 15.6 Å². The number of hydrogen-bond donors (Lipinski definition) is 2. The Morgan fingerprint density at radius 3 is 2.52 bits per heavy atom. The lowest BCUT2D eigenvalue weighted by Gasteiger charge is -2.30. The number of ether oxygens (including phenoxy) is 4. The second-order valence-corrected chi connectivity index (χ2v) is 10.1. The van der Waals surface area contributed by atoms with E-state index in [1.54, 1.807) is 26.4 Å². The van der Waals surface area contributed by atoms with E-state index < -0.39 is 11.6 Å². The number of aliphatic imine (C=N–C) groups is 1. The second-order valence-electron chi connectivity index (χ2n) is 9.17. The van der Waals surface area contributed by atoms with E-state index in [2.05, 4.69) is 27.8 Å². The van der Waals surface area contributed by atoms with Crippen molar-refractivity contribution in [3.8, 4) is 17.2 Å². The van der Waals surface area contributed by atoms with E-state index in [1.807, 2.05) is 60.7 Å². The number of para-hydroxylation sites is 1. The number of rotatable bonds is 13. The molecule has 4 rings (SSSR count). The van der Waals surface area contributed by atoms with Crippen LogP contribution in [0.5, 0.6) is 17.2 Å². The molecule has 8 nitrogen and oxygen atoms in total. The van der Waals surface area contributed by atoms with Crippen molar-refractivity contribution in [3.05, 3.63) is 101 Å². The zero-order valence-corrected chi connectivity index (χ0v) is 24.1. The maximum absolute atomic E-state index is 14.0. The van der Waals surface area contributed by atoms with E-state index in [9.17, 15) is 4.79 Å². The van der Waals surface area contributed by atoms with Crippen molar-refractivity contribution in [1.29, 1.82) is 0 Å². The number of carbonyl (C=O) groups excluding carboxylic acids is 1. The molecule has 1 amide bonds. The van der Waals surface area contributed by atoms with Gasteiger partial charge in [0.15, 0.2) is 23.1 Å². The van der Waals surface area contributed by atoms with Gasteiger partial charge in [-0.3, -0.25) is 4.79 Å². The fraction of sp³-hybridized carbons (Fsp3) is 0.290. The van der Waals surface area contributed by atoms with Crippen molar-refractivity contribution in [2.45, 2.75) is 31.0 Å². The summed E-state index contributed by atoms with van der Waals surface area (Å²) in [6.45, 7) is 4.61. The van der Waals surface area contributed by atoms with Gasteiger partial charge in [0, 0.05) is 41.6 Å². The molecule has 9 heteroatoms. The predicted octanol–water partition coefficient (Wildman–Crippen LogP) is 5.38. The van der Waals surface area contributed by atoms with Gasteiger partial charge in [0.25, 0.3) is 5.91 Å². The van der Waals surface area contributed by atoms with Gasteiger partial charge < -0.3 is 29.4 Å². The Morgan fingerprint density at radius 2 is 1.88 bits per heavy atom. The lowest BCUT2D eigenvalue weighted by molar-refractivity contribution is -0.129. The van der Waals surface area contributed by atoms with Gasteiger partial charge in [0.2, 0.25) is 5.90 Å². The van der Waals surface area contributed by atoms with Crippen LogP contribution in [0.15, 0.2) is 88.9 Å². The third-order valence-corrected chi connectivity index (χ3v) is 7.11. The van der Waals surface area contributed by atoms with Gasteiger partial charge in [-0.1, -0.05) is 46.3 Å². The van der Waals surface area contributed by atoms with Crippen molar-refractivity contribution in [3.63, 3.8) is 0 Å². The van der Waals surface area contributed by atoms with E-state index in [-0.39, 0.29) is 25.5 Å². The molecule has 0 aromatic heterocycles. The molecule has 1 aliphatic heterocycles. The number of halogens is 1. The highest BCUT2D eigenvalue weighted by atomic mass is 79.9. The van der Waals surface area contributed by atoms with Crippen LogP contribution in [0, 0.1) is 0 Å². The number of benzene rings is 3. The molecule has 2 atom stereocenters. The molecule has 40 heavy (non-hydrogen) atoms. The number of nitrogens with zero attached hydrogens (tertiary/aromatic N) is 1. The van der Waals surface area contributed by atoms with Gasteiger partial charge in [0.05, 0.1) is 20.8 Å². The molecule has 0 bridgehead atoms. The molecule has 0 fully saturated rings. The molecular weight excluding hydrogens is 576 g/mol. The van der Waals surface area contributed by atoms with Gasteiger partial charge in [-0.05, 0) is 48.0 Å². The minimum atomic E-state index is -1.30. The number of methoxy groups -OCH3 is 2. The summed E-state index contributed by atoms with van der Waals surface area (Å²) < 4.78 is 24.0. The zero-order valence-electron chi connectivity index (χ0n) is 22.6. The van der Waals surface area contributed by atoms with Crippen molar-refractivity contribution >= 4 is 27.7 Å². The fourth-order valence-corrected chi connectivity index (χ4v) is 4.86. The number of aliphatic hydroxyl groups excluding tert-OH is 1. The summed E-state index contributed by atoms with van der Waals surface area (Å²) >= 11 is 3.48. The van der Waals surface area contributed by atoms with Crippen molar-refractivity contribution in [2.24, 2.45) is 4.99 Å². The standard InChI is InChI=1S/C31H33BrN2O6/c1-4-17-31(30(36)33-20-23-7-5-8-26(37-2)27(23)38-3)28(21-9-13-24(32)14-10-21)40-29(34-31)22-11-15-25(16-12-22)39-19-6-18-35/h4-5,7-16,28,35H,1,6,17-20H2,2-3H3,(H,33,36)/t28-,31-/m1/s1. The minimum absolute atomic E-state index is 0.0677. The number of aliphatic hydroxyl groups is 1. The highest BCUT2D eigenvalue weighted by molar-refractivity contribution is 9.10. The summed E-state index contributed by atoms with van der Waals surface area (Å²) in [4.78, 5) is 19.0. The molecule has 3 aromatic rings. The molecule has 1 aliphatic rings. The van der Waals surface area contributed by atoms with E-state index in [4.69, 9.17) is 29.0 Å². The van der Waals surface area contributed by atoms with Crippen LogP contribution in [0.1, 0.15) is 35.6 Å². The molecule has 0 radical (unpaired) electrons. The van der Waals surface area contributed by atoms with Crippen molar-refractivity contribution in [2.75, 3.05) is 27.4 Å². The molecular formula is C31H33BrN2O6. The zero-order chi connectivity index (χ0) is 28.5. The molecule has 0 spiro atoms. The Morgan fingerprint density at radius 1 is 1.12 bits per heavy atom. The third-order valence-electron chi connectivity index (χ3n) is 6.58. The van der Waals surface area contributed by atoms with Crippen LogP contribution in [0.25, 0.3) is 0 Å². The predicted molar refractivity (Wildman–Crippen MR) is 157 cm³/mol. The highest BCUT2D eigenvalue weighted by Crippen LogP contribution is 2.43. The molecule has 2 N–H and O–H groups in total. The number of carbonyl (C=O) groups is 1. The first-order valence-corrected chi connectivity index (χ1v) is 13.7. The topological polar surface area (TPSA) is 98.6 Å². The average Bonchev–Trinajstić information content (AvgIpc) is 3.37. The fourth-order valence-electron chi connectivity index (χ4n) is 4.59. The number of hydrogen-bond acceptors (Lipinski definition) is 7. The van der Waals surface area contributed by atoms with Crippen LogP contribution in [-0.4, -0.2) is 49.9 Å². The monoisotopic (exact) mass is 608 g/mol. The second kappa shape index (κ2) is 13.5. The van der Waals surface area contributed by atoms with E-state index >= 15 is 0 Å². The van der Waals surface area contributed by atoms with Crippen LogP contribution < -0.4 is 19.5 Å². The molecule has 210 valence electrons. The summed E-state index contributed by atoms with van der Waals surface area (Å²) in [5.41, 5.74) is 0.989. The van der Waals surface area contributed by atoms with Crippen LogP contribution in [0.2, 0.25) is 0 Å². The number of nitrogens with one attached hydrogen (secondary N) is 1. The summed E-state index contributed by atoms with van der Waals surface area (Å²) in [6.07, 6.45) is 1.79. The van der Waals surface area contributed by atoms with Crippen LogP contribution in [0.3, 0.4) is 0 Å². The van der Waals surface area contributed by atoms with Gasteiger partial charge in [-0.15, -0.1) is 6.58 Å². The molecule has 0 saturated carbocycles. The average molecular weight is 610 g/mol. The Hall–Kier alpha value is -3.82. The first-order valence-electron chi connectivity index (χ1n) is 12.9. The van der Waals surface area contributed by atoms with Gasteiger partial charge in [-0.25, -0.2) is 4.99 Å². The van der Waals surface area contributed by atoms with Crippen molar-refractivity contribution < 1.29 is 28.8 Å². The van der Waals surface area contributed by atoms with E-state index in [1.165, 1.54) is 0 Å². The Labute approximate surface area is 242 Å². The normalized spacial score (nSPS) is 17.9. The Balaban J connectivity index is 1.68. The van der Waals surface area contributed by atoms with Crippen LogP contribution in [-0.2, 0) is 16.1 Å². The maximum atomic E-state index is 14.0. The van der Waals surface area contributed by atoms with Crippen LogP contribution in [0.4, 0.5) is 0 Å². The Kier molecular flexibility index (Phi) is 9.84. The summed E-state index contributed by atoms with van der Waals surface area (Å²) in [7, 11) is 3.14. The summed E-state index contributed by atoms with van der Waals surface area (Å²) in [5, 5.41) is 12.0. The molecule has 3 aromatic carbocycles.